The molecule has 5 nitrogen and oxygen atoms in total. The van der Waals surface area contributed by atoms with Gasteiger partial charge in [0.15, 0.2) is 5.78 Å². The van der Waals surface area contributed by atoms with Gasteiger partial charge in [-0.1, -0.05) is 18.2 Å². The number of imidazole rings is 1. The minimum atomic E-state index is -0.135. The zero-order valence-corrected chi connectivity index (χ0v) is 13.7. The molecule has 0 aliphatic rings. The molecule has 1 heterocycles. The number of carbonyl (C=O) groups excluding carboxylic acids is 2. The van der Waals surface area contributed by atoms with E-state index >= 15 is 0 Å². The molecule has 0 atom stereocenters. The van der Waals surface area contributed by atoms with Crippen LogP contribution in [-0.2, 0) is 0 Å². The first-order chi connectivity index (χ1) is 12.2. The zero-order valence-electron chi connectivity index (χ0n) is 13.7. The molecule has 0 fully saturated rings. The van der Waals surface area contributed by atoms with Gasteiger partial charge in [0.1, 0.15) is 0 Å². The van der Waals surface area contributed by atoms with Crippen LogP contribution in [0.5, 0.6) is 0 Å². The summed E-state index contributed by atoms with van der Waals surface area (Å²) in [5, 5.41) is 2.57. The van der Waals surface area contributed by atoms with E-state index in [-0.39, 0.29) is 11.7 Å². The number of nitrogens with zero attached hydrogens (tertiary/aromatic N) is 2. The Hall–Kier alpha value is -3.47. The van der Waals surface area contributed by atoms with Crippen LogP contribution in [0.2, 0.25) is 0 Å². The molecule has 1 amide bonds. The second-order valence-corrected chi connectivity index (χ2v) is 5.42. The SMILES string of the molecule is CNC(=O)c1ccc(/C=C/C(=O)c2ccc(-n3ccnc3)cc2)cc1. The van der Waals surface area contributed by atoms with Crippen LogP contribution in [0.25, 0.3) is 11.8 Å². The van der Waals surface area contributed by atoms with Crippen LogP contribution in [0.1, 0.15) is 26.3 Å². The van der Waals surface area contributed by atoms with Crippen LogP contribution >= 0.6 is 0 Å². The van der Waals surface area contributed by atoms with Crippen LogP contribution in [0.4, 0.5) is 0 Å². The number of hydrogen-bond donors (Lipinski definition) is 1. The number of hydrogen-bond acceptors (Lipinski definition) is 3. The van der Waals surface area contributed by atoms with Crippen molar-refractivity contribution in [2.75, 3.05) is 7.05 Å². The van der Waals surface area contributed by atoms with Gasteiger partial charge in [0, 0.05) is 36.3 Å². The number of carbonyl (C=O) groups is 2. The molecule has 2 aromatic carbocycles. The summed E-state index contributed by atoms with van der Waals surface area (Å²) in [5.41, 5.74) is 3.00. The average Bonchev–Trinajstić information content (AvgIpc) is 3.21. The van der Waals surface area contributed by atoms with Crippen LogP contribution in [-0.4, -0.2) is 28.3 Å². The van der Waals surface area contributed by atoms with Gasteiger partial charge in [-0.15, -0.1) is 0 Å². The predicted molar refractivity (Wildman–Crippen MR) is 96.8 cm³/mol. The number of rotatable bonds is 5. The summed E-state index contributed by atoms with van der Waals surface area (Å²) in [6.07, 6.45) is 8.52. The molecule has 1 N–H and O–H groups in total. The summed E-state index contributed by atoms with van der Waals surface area (Å²) in [4.78, 5) is 27.8. The largest absolute Gasteiger partial charge is 0.355 e. The van der Waals surface area contributed by atoms with Gasteiger partial charge in [-0.3, -0.25) is 9.59 Å². The minimum Gasteiger partial charge on any atom is -0.355 e. The van der Waals surface area contributed by atoms with Crippen molar-refractivity contribution in [3.63, 3.8) is 0 Å². The maximum Gasteiger partial charge on any atom is 0.251 e. The van der Waals surface area contributed by atoms with Crippen LogP contribution in [0.15, 0.2) is 73.3 Å². The van der Waals surface area contributed by atoms with Crippen molar-refractivity contribution in [3.05, 3.63) is 90.0 Å². The lowest BCUT2D eigenvalue weighted by Crippen LogP contribution is -2.17. The Balaban J connectivity index is 1.69. The summed E-state index contributed by atoms with van der Waals surface area (Å²) in [7, 11) is 1.59. The highest BCUT2D eigenvalue weighted by atomic mass is 16.1. The van der Waals surface area contributed by atoms with Gasteiger partial charge in [0.25, 0.3) is 5.91 Å². The Morgan fingerprint density at radius 3 is 2.28 bits per heavy atom. The van der Waals surface area contributed by atoms with Gasteiger partial charge in [0.05, 0.1) is 6.33 Å². The monoisotopic (exact) mass is 331 g/mol. The lowest BCUT2D eigenvalue weighted by molar-refractivity contribution is 0.0962. The Morgan fingerprint density at radius 1 is 1.00 bits per heavy atom. The average molecular weight is 331 g/mol. The number of nitrogens with one attached hydrogen (secondary N) is 1. The molecule has 3 rings (SSSR count). The highest BCUT2D eigenvalue weighted by molar-refractivity contribution is 6.07. The normalized spacial score (nSPS) is 10.8. The van der Waals surface area contributed by atoms with Gasteiger partial charge in [-0.05, 0) is 48.0 Å². The molecule has 0 unspecified atom stereocenters. The molecule has 1 aromatic heterocycles. The first-order valence-electron chi connectivity index (χ1n) is 7.80. The maximum absolute atomic E-state index is 12.3. The number of ketones is 1. The van der Waals surface area contributed by atoms with Gasteiger partial charge in [-0.25, -0.2) is 4.98 Å². The lowest BCUT2D eigenvalue weighted by atomic mass is 10.1. The van der Waals surface area contributed by atoms with Crippen molar-refractivity contribution >= 4 is 17.8 Å². The van der Waals surface area contributed by atoms with Crippen LogP contribution in [0.3, 0.4) is 0 Å². The van der Waals surface area contributed by atoms with Crippen LogP contribution in [0, 0.1) is 0 Å². The molecular weight excluding hydrogens is 314 g/mol. The van der Waals surface area contributed by atoms with E-state index in [4.69, 9.17) is 0 Å². The fourth-order valence-corrected chi connectivity index (χ4v) is 2.37. The van der Waals surface area contributed by atoms with E-state index in [0.29, 0.717) is 11.1 Å². The van der Waals surface area contributed by atoms with E-state index in [0.717, 1.165) is 11.3 Å². The molecule has 25 heavy (non-hydrogen) atoms. The standard InChI is InChI=1S/C20H17N3O2/c1-21-20(25)17-5-2-15(3-6-17)4-11-19(24)16-7-9-18(10-8-16)23-13-12-22-14-23/h2-14H,1H3,(H,21,25)/b11-4+. The van der Waals surface area contributed by atoms with Crippen molar-refractivity contribution in [3.8, 4) is 5.69 Å². The van der Waals surface area contributed by atoms with Crippen molar-refractivity contribution in [1.82, 2.24) is 14.9 Å². The predicted octanol–water partition coefficient (Wildman–Crippen LogP) is 3.13. The first kappa shape index (κ1) is 16.4. The molecule has 0 spiro atoms. The van der Waals surface area contributed by atoms with E-state index in [9.17, 15) is 9.59 Å². The highest BCUT2D eigenvalue weighted by Crippen LogP contribution is 2.12. The molecule has 0 saturated carbocycles. The Bertz CT molecular complexity index is 893. The summed E-state index contributed by atoms with van der Waals surface area (Å²) in [5.74, 6) is -0.211. The Labute approximate surface area is 145 Å². The van der Waals surface area contributed by atoms with Crippen molar-refractivity contribution < 1.29 is 9.59 Å². The van der Waals surface area contributed by atoms with Gasteiger partial charge < -0.3 is 9.88 Å². The van der Waals surface area contributed by atoms with E-state index in [1.165, 1.54) is 6.08 Å². The quantitative estimate of drug-likeness (QED) is 0.577. The summed E-state index contributed by atoms with van der Waals surface area (Å²) in [6.45, 7) is 0. The number of benzene rings is 2. The number of amides is 1. The highest BCUT2D eigenvalue weighted by Gasteiger charge is 2.04. The van der Waals surface area contributed by atoms with Gasteiger partial charge in [-0.2, -0.15) is 0 Å². The van der Waals surface area contributed by atoms with E-state index in [1.54, 1.807) is 62.0 Å². The van der Waals surface area contributed by atoms with Crippen molar-refractivity contribution in [2.45, 2.75) is 0 Å². The van der Waals surface area contributed by atoms with Gasteiger partial charge >= 0.3 is 0 Å². The molecule has 0 aliphatic carbocycles. The fourth-order valence-electron chi connectivity index (χ4n) is 2.37. The molecule has 3 aromatic rings. The summed E-state index contributed by atoms with van der Waals surface area (Å²) >= 11 is 0. The Kier molecular flexibility index (Phi) is 4.85. The molecule has 124 valence electrons. The van der Waals surface area contributed by atoms with Crippen LogP contribution < -0.4 is 5.32 Å². The second kappa shape index (κ2) is 7.40. The number of aromatic nitrogens is 2. The topological polar surface area (TPSA) is 64.0 Å². The van der Waals surface area contributed by atoms with E-state index in [2.05, 4.69) is 10.3 Å². The fraction of sp³-hybridized carbons (Fsp3) is 0.0500. The minimum absolute atomic E-state index is 0.0763. The maximum atomic E-state index is 12.3. The smallest absolute Gasteiger partial charge is 0.251 e. The molecule has 0 aliphatic heterocycles. The summed E-state index contributed by atoms with van der Waals surface area (Å²) < 4.78 is 1.87. The molecule has 0 saturated heterocycles. The lowest BCUT2D eigenvalue weighted by Gasteiger charge is -2.03. The Morgan fingerprint density at radius 2 is 1.68 bits per heavy atom. The number of allylic oxidation sites excluding steroid dienone is 1. The van der Waals surface area contributed by atoms with E-state index < -0.39 is 0 Å². The van der Waals surface area contributed by atoms with E-state index in [1.807, 2.05) is 22.9 Å². The third-order valence-electron chi connectivity index (χ3n) is 3.78. The van der Waals surface area contributed by atoms with Gasteiger partial charge in [0.2, 0.25) is 0 Å². The molecule has 0 radical (unpaired) electrons. The van der Waals surface area contributed by atoms with Crippen molar-refractivity contribution in [1.29, 1.82) is 0 Å². The zero-order chi connectivity index (χ0) is 17.6. The second-order valence-electron chi connectivity index (χ2n) is 5.42. The molecular formula is C20H17N3O2. The third kappa shape index (κ3) is 3.90. The molecule has 0 bridgehead atoms. The third-order valence-corrected chi connectivity index (χ3v) is 3.78. The summed E-state index contributed by atoms with van der Waals surface area (Å²) in [6, 6.07) is 14.4. The first-order valence-corrected chi connectivity index (χ1v) is 7.80. The van der Waals surface area contributed by atoms with Crippen molar-refractivity contribution in [2.24, 2.45) is 0 Å². The molecule has 5 heteroatoms.